The quantitative estimate of drug-likeness (QED) is 0.631. The van der Waals surface area contributed by atoms with E-state index in [-0.39, 0.29) is 18.4 Å². The highest BCUT2D eigenvalue weighted by Gasteiger charge is 2.10. The van der Waals surface area contributed by atoms with Crippen molar-refractivity contribution in [3.63, 3.8) is 0 Å². The predicted molar refractivity (Wildman–Crippen MR) is 72.9 cm³/mol. The van der Waals surface area contributed by atoms with E-state index in [0.717, 1.165) is 5.56 Å². The van der Waals surface area contributed by atoms with Gasteiger partial charge in [-0.1, -0.05) is 44.2 Å². The van der Waals surface area contributed by atoms with E-state index in [1.807, 2.05) is 44.2 Å². The third-order valence-electron chi connectivity index (χ3n) is 2.68. The molecule has 0 spiro atoms. The van der Waals surface area contributed by atoms with Gasteiger partial charge in [0.05, 0.1) is 0 Å². The minimum absolute atomic E-state index is 0. The number of sulfonamides is 1. The van der Waals surface area contributed by atoms with Crippen molar-refractivity contribution in [2.45, 2.75) is 26.4 Å². The Labute approximate surface area is 121 Å². The van der Waals surface area contributed by atoms with Crippen LogP contribution in [0.4, 0.5) is 0 Å². The van der Waals surface area contributed by atoms with Crippen LogP contribution in [0, 0.1) is 5.92 Å². The fourth-order valence-corrected chi connectivity index (χ4v) is 2.13. The van der Waals surface area contributed by atoms with Crippen molar-refractivity contribution >= 4 is 10.0 Å². The van der Waals surface area contributed by atoms with Gasteiger partial charge in [-0.05, 0) is 11.6 Å². The molecule has 0 bridgehead atoms. The average Bonchev–Trinajstić information content (AvgIpc) is 2.35. The molecule has 1 aromatic carbocycles. The highest BCUT2D eigenvalue weighted by atomic mass is 35.5. The second kappa shape index (κ2) is 8.32. The van der Waals surface area contributed by atoms with E-state index in [9.17, 15) is 8.42 Å². The van der Waals surface area contributed by atoms with Gasteiger partial charge in [-0.15, -0.1) is 0 Å². The number of halogens is 1. The van der Waals surface area contributed by atoms with Gasteiger partial charge in [-0.25, -0.2) is 13.1 Å². The summed E-state index contributed by atoms with van der Waals surface area (Å²) in [7, 11) is -3.38. The number of benzene rings is 1. The molecule has 4 nitrogen and oxygen atoms in total. The highest BCUT2D eigenvalue weighted by molar-refractivity contribution is 7.92. The van der Waals surface area contributed by atoms with E-state index in [2.05, 4.69) is 10.5 Å². The van der Waals surface area contributed by atoms with Crippen LogP contribution in [0.3, 0.4) is 0 Å². The molecule has 0 aromatic heterocycles. The summed E-state index contributed by atoms with van der Waals surface area (Å²) in [4.78, 5) is 0. The van der Waals surface area contributed by atoms with Gasteiger partial charge in [-0.3, -0.25) is 0 Å². The van der Waals surface area contributed by atoms with Crippen LogP contribution in [0.25, 0.3) is 0 Å². The van der Waals surface area contributed by atoms with Crippen molar-refractivity contribution in [1.82, 2.24) is 4.72 Å². The van der Waals surface area contributed by atoms with E-state index in [4.69, 9.17) is 0 Å². The molecule has 0 aliphatic carbocycles. The van der Waals surface area contributed by atoms with Gasteiger partial charge in [-0.2, -0.15) is 0 Å². The van der Waals surface area contributed by atoms with Crippen molar-refractivity contribution < 1.29 is 26.6 Å². The SMILES string of the molecule is CC(C)[C@H]([NH3+])/C=C/S(=O)(=O)NCc1ccccc1.[Cl-]. The monoisotopic (exact) mass is 304 g/mol. The summed E-state index contributed by atoms with van der Waals surface area (Å²) in [5.41, 5.74) is 4.81. The molecule has 1 aromatic rings. The number of hydrogen-bond acceptors (Lipinski definition) is 2. The zero-order valence-corrected chi connectivity index (χ0v) is 12.8. The molecule has 0 fully saturated rings. The molecule has 6 heteroatoms. The molecule has 0 aliphatic rings. The van der Waals surface area contributed by atoms with E-state index in [0.29, 0.717) is 12.5 Å². The normalized spacial score (nSPS) is 13.5. The van der Waals surface area contributed by atoms with Crippen molar-refractivity contribution in [3.05, 3.63) is 47.4 Å². The third-order valence-corrected chi connectivity index (χ3v) is 3.74. The smallest absolute Gasteiger partial charge is 0.233 e. The maximum Gasteiger partial charge on any atom is 0.233 e. The molecule has 0 radical (unpaired) electrons. The lowest BCUT2D eigenvalue weighted by Gasteiger charge is -2.07. The van der Waals surface area contributed by atoms with Gasteiger partial charge >= 0.3 is 0 Å². The molecule has 0 aliphatic heterocycles. The first-order valence-electron chi connectivity index (χ1n) is 5.95. The van der Waals surface area contributed by atoms with Gasteiger partial charge in [0.1, 0.15) is 6.04 Å². The molecule has 0 amide bonds. The maximum atomic E-state index is 11.7. The Bertz CT molecular complexity index is 487. The Morgan fingerprint density at radius 1 is 1.26 bits per heavy atom. The fraction of sp³-hybridized carbons (Fsp3) is 0.385. The number of quaternary nitrogens is 1. The topological polar surface area (TPSA) is 73.8 Å². The maximum absolute atomic E-state index is 11.7. The molecule has 0 saturated heterocycles. The summed E-state index contributed by atoms with van der Waals surface area (Å²) in [5, 5.41) is 1.20. The number of nitrogens with one attached hydrogen (secondary N) is 1. The summed E-state index contributed by atoms with van der Waals surface area (Å²) in [5.74, 6) is 0.325. The van der Waals surface area contributed by atoms with Crippen LogP contribution >= 0.6 is 0 Å². The number of rotatable bonds is 6. The van der Waals surface area contributed by atoms with E-state index in [1.165, 1.54) is 5.41 Å². The third kappa shape index (κ3) is 7.32. The summed E-state index contributed by atoms with van der Waals surface area (Å²) in [6.45, 7) is 4.31. The second-order valence-electron chi connectivity index (χ2n) is 4.59. The lowest BCUT2D eigenvalue weighted by Crippen LogP contribution is -3.00. The molecule has 1 atom stereocenters. The van der Waals surface area contributed by atoms with Crippen LogP contribution < -0.4 is 22.9 Å². The highest BCUT2D eigenvalue weighted by Crippen LogP contribution is 2.01. The Morgan fingerprint density at radius 3 is 2.37 bits per heavy atom. The van der Waals surface area contributed by atoms with E-state index < -0.39 is 10.0 Å². The Kier molecular flexibility index (Phi) is 7.94. The first kappa shape index (κ1) is 18.1. The lowest BCUT2D eigenvalue weighted by molar-refractivity contribution is -0.413. The van der Waals surface area contributed by atoms with Crippen LogP contribution in [0.2, 0.25) is 0 Å². The van der Waals surface area contributed by atoms with Crippen LogP contribution in [0.1, 0.15) is 19.4 Å². The average molecular weight is 305 g/mol. The molecular weight excluding hydrogens is 284 g/mol. The van der Waals surface area contributed by atoms with Crippen molar-refractivity contribution in [2.24, 2.45) is 5.92 Å². The van der Waals surface area contributed by atoms with Gasteiger partial charge in [0, 0.05) is 17.9 Å². The van der Waals surface area contributed by atoms with Gasteiger partial charge in [0.2, 0.25) is 10.0 Å². The second-order valence-corrected chi connectivity index (χ2v) is 6.24. The van der Waals surface area contributed by atoms with Crippen LogP contribution in [-0.2, 0) is 16.6 Å². The molecule has 0 saturated carbocycles. The first-order valence-corrected chi connectivity index (χ1v) is 7.50. The summed E-state index contributed by atoms with van der Waals surface area (Å²) in [6, 6.07) is 9.41. The largest absolute Gasteiger partial charge is 1.00 e. The molecule has 0 heterocycles. The fourth-order valence-electron chi connectivity index (χ4n) is 1.25. The molecule has 1 rings (SSSR count). The first-order chi connectivity index (χ1) is 8.41. The van der Waals surface area contributed by atoms with E-state index >= 15 is 0 Å². The predicted octanol–water partition coefficient (Wildman–Crippen LogP) is -2.11. The molecular formula is C13H21ClN2O2S. The van der Waals surface area contributed by atoms with Gasteiger partial charge in [0.25, 0.3) is 0 Å². The summed E-state index contributed by atoms with van der Waals surface area (Å²) < 4.78 is 25.9. The minimum atomic E-state index is -3.38. The van der Waals surface area contributed by atoms with Crippen LogP contribution in [0.15, 0.2) is 41.8 Å². The Hall–Kier alpha value is -0.880. The lowest BCUT2D eigenvalue weighted by atomic mass is 10.1. The van der Waals surface area contributed by atoms with E-state index in [1.54, 1.807) is 6.08 Å². The van der Waals surface area contributed by atoms with Crippen LogP contribution in [-0.4, -0.2) is 14.5 Å². The zero-order chi connectivity index (χ0) is 13.6. The van der Waals surface area contributed by atoms with Crippen molar-refractivity contribution in [1.29, 1.82) is 0 Å². The van der Waals surface area contributed by atoms with Gasteiger partial charge < -0.3 is 18.1 Å². The van der Waals surface area contributed by atoms with Gasteiger partial charge in [0.15, 0.2) is 0 Å². The molecule has 19 heavy (non-hydrogen) atoms. The van der Waals surface area contributed by atoms with Crippen molar-refractivity contribution in [2.75, 3.05) is 0 Å². The van der Waals surface area contributed by atoms with Crippen molar-refractivity contribution in [3.8, 4) is 0 Å². The minimum Gasteiger partial charge on any atom is -1.00 e. The number of hydrogen-bond donors (Lipinski definition) is 2. The zero-order valence-electron chi connectivity index (χ0n) is 11.2. The molecule has 0 unspecified atom stereocenters. The summed E-state index contributed by atoms with van der Waals surface area (Å²) in [6.07, 6.45) is 1.62. The van der Waals surface area contributed by atoms with Crippen LogP contribution in [0.5, 0.6) is 0 Å². The Balaban J connectivity index is 0.00000324. The molecule has 108 valence electrons. The standard InChI is InChI=1S/C13H20N2O2S.ClH/c1-11(2)13(14)8-9-18(16,17)15-10-12-6-4-3-5-7-12;/h3-9,11,13,15H,10,14H2,1-2H3;1H/b9-8+;/t13-;/m1./s1. The summed E-state index contributed by atoms with van der Waals surface area (Å²) >= 11 is 0. The Morgan fingerprint density at radius 2 is 1.84 bits per heavy atom. The molecule has 4 N–H and O–H groups in total.